The summed E-state index contributed by atoms with van der Waals surface area (Å²) in [6, 6.07) is 10.2. The predicted octanol–water partition coefficient (Wildman–Crippen LogP) is 3.38. The van der Waals surface area contributed by atoms with Crippen LogP contribution in [0.3, 0.4) is 0 Å². The zero-order chi connectivity index (χ0) is 15.8. The van der Waals surface area contributed by atoms with E-state index in [0.29, 0.717) is 6.04 Å². The van der Waals surface area contributed by atoms with Crippen LogP contribution in [-0.2, 0) is 0 Å². The van der Waals surface area contributed by atoms with Gasteiger partial charge in [0.05, 0.1) is 13.3 Å². The lowest BCUT2D eigenvalue weighted by Gasteiger charge is -2.44. The van der Waals surface area contributed by atoms with E-state index in [4.69, 9.17) is 4.74 Å². The van der Waals surface area contributed by atoms with Gasteiger partial charge < -0.3 is 9.64 Å². The minimum atomic E-state index is 0.168. The van der Waals surface area contributed by atoms with Crippen LogP contribution in [-0.4, -0.2) is 35.5 Å². The lowest BCUT2D eigenvalue weighted by Crippen LogP contribution is -2.55. The Kier molecular flexibility index (Phi) is 3.52. The molecule has 1 aromatic heterocycles. The number of amides is 1. The summed E-state index contributed by atoms with van der Waals surface area (Å²) in [5, 5.41) is 0. The van der Waals surface area contributed by atoms with Crippen molar-refractivity contribution in [1.29, 1.82) is 0 Å². The molecule has 2 aromatic rings. The van der Waals surface area contributed by atoms with E-state index in [-0.39, 0.29) is 5.91 Å². The Balaban J connectivity index is 1.55. The Morgan fingerprint density at radius 3 is 2.78 bits per heavy atom. The lowest BCUT2D eigenvalue weighted by atomic mass is 9.91. The number of carbonyl (C=O) groups excluding carboxylic acids is 1. The molecule has 1 aliphatic heterocycles. The summed E-state index contributed by atoms with van der Waals surface area (Å²) >= 11 is 0. The predicted molar refractivity (Wildman–Crippen MR) is 88.4 cm³/mol. The van der Waals surface area contributed by atoms with Gasteiger partial charge in [-0.05, 0) is 42.5 Å². The van der Waals surface area contributed by atoms with Crippen LogP contribution in [0.4, 0.5) is 0 Å². The third kappa shape index (κ3) is 2.38. The third-order valence-electron chi connectivity index (χ3n) is 5.16. The Labute approximate surface area is 136 Å². The van der Waals surface area contributed by atoms with Crippen molar-refractivity contribution in [3.8, 4) is 16.9 Å². The molecule has 0 bridgehead atoms. The van der Waals surface area contributed by atoms with Crippen molar-refractivity contribution in [3.63, 3.8) is 0 Å². The number of methoxy groups -OCH3 is 1. The second-order valence-electron chi connectivity index (χ2n) is 6.37. The van der Waals surface area contributed by atoms with Crippen molar-refractivity contribution in [2.75, 3.05) is 13.7 Å². The van der Waals surface area contributed by atoms with Crippen LogP contribution in [0.15, 0.2) is 42.7 Å². The van der Waals surface area contributed by atoms with Crippen molar-refractivity contribution in [3.05, 3.63) is 48.3 Å². The molecule has 1 saturated carbocycles. The van der Waals surface area contributed by atoms with Crippen molar-refractivity contribution in [1.82, 2.24) is 9.88 Å². The molecule has 4 nitrogen and oxygen atoms in total. The van der Waals surface area contributed by atoms with Crippen molar-refractivity contribution >= 4 is 5.91 Å². The fourth-order valence-electron chi connectivity index (χ4n) is 3.86. The summed E-state index contributed by atoms with van der Waals surface area (Å²) in [7, 11) is 1.64. The van der Waals surface area contributed by atoms with Crippen LogP contribution in [0.5, 0.6) is 5.75 Å². The molecule has 4 heteroatoms. The van der Waals surface area contributed by atoms with Gasteiger partial charge in [-0.1, -0.05) is 18.6 Å². The van der Waals surface area contributed by atoms with Crippen LogP contribution in [0.1, 0.15) is 29.6 Å². The molecule has 2 heterocycles. The van der Waals surface area contributed by atoms with Crippen molar-refractivity contribution < 1.29 is 9.53 Å². The number of fused-ring (bicyclic) bond motifs is 1. The van der Waals surface area contributed by atoms with E-state index in [1.54, 1.807) is 19.5 Å². The first kappa shape index (κ1) is 14.2. The molecular formula is C19H20N2O2. The molecule has 23 heavy (non-hydrogen) atoms. The van der Waals surface area contributed by atoms with Crippen LogP contribution in [0, 0.1) is 5.92 Å². The highest BCUT2D eigenvalue weighted by Gasteiger charge is 2.44. The maximum Gasteiger partial charge on any atom is 0.254 e. The van der Waals surface area contributed by atoms with E-state index >= 15 is 0 Å². The lowest BCUT2D eigenvalue weighted by molar-refractivity contribution is 0.0269. The number of ether oxygens (including phenoxy) is 1. The van der Waals surface area contributed by atoms with Crippen molar-refractivity contribution in [2.24, 2.45) is 5.92 Å². The first-order valence-corrected chi connectivity index (χ1v) is 8.17. The maximum atomic E-state index is 12.6. The van der Waals surface area contributed by atoms with Crippen LogP contribution in [0.25, 0.3) is 11.1 Å². The van der Waals surface area contributed by atoms with E-state index in [9.17, 15) is 4.79 Å². The molecule has 0 spiro atoms. The van der Waals surface area contributed by atoms with E-state index in [0.717, 1.165) is 34.9 Å². The number of rotatable bonds is 3. The molecule has 1 saturated heterocycles. The monoisotopic (exact) mass is 308 g/mol. The number of pyridine rings is 1. The van der Waals surface area contributed by atoms with Gasteiger partial charge in [0.1, 0.15) is 5.75 Å². The summed E-state index contributed by atoms with van der Waals surface area (Å²) in [6.45, 7) is 0.934. The minimum absolute atomic E-state index is 0.168. The zero-order valence-corrected chi connectivity index (χ0v) is 13.2. The van der Waals surface area contributed by atoms with E-state index < -0.39 is 0 Å². The molecule has 2 aliphatic rings. The Morgan fingerprint density at radius 1 is 1.22 bits per heavy atom. The largest absolute Gasteiger partial charge is 0.494 e. The van der Waals surface area contributed by atoms with Crippen molar-refractivity contribution in [2.45, 2.75) is 25.3 Å². The summed E-state index contributed by atoms with van der Waals surface area (Å²) in [4.78, 5) is 18.7. The van der Waals surface area contributed by atoms with Gasteiger partial charge in [0.2, 0.25) is 0 Å². The fraction of sp³-hybridized carbons (Fsp3) is 0.368. The number of aromatic nitrogens is 1. The third-order valence-corrected chi connectivity index (χ3v) is 5.16. The first-order valence-electron chi connectivity index (χ1n) is 8.17. The molecule has 2 atom stereocenters. The van der Waals surface area contributed by atoms with E-state index in [2.05, 4.69) is 4.98 Å². The second kappa shape index (κ2) is 5.69. The highest BCUT2D eigenvalue weighted by molar-refractivity contribution is 5.95. The Hall–Kier alpha value is -2.36. The highest BCUT2D eigenvalue weighted by atomic mass is 16.5. The zero-order valence-electron chi connectivity index (χ0n) is 13.2. The molecular weight excluding hydrogens is 288 g/mol. The molecule has 0 N–H and O–H groups in total. The van der Waals surface area contributed by atoms with E-state index in [1.807, 2.05) is 35.2 Å². The van der Waals surface area contributed by atoms with Crippen LogP contribution in [0.2, 0.25) is 0 Å². The maximum absolute atomic E-state index is 12.6. The molecule has 0 unspecified atom stereocenters. The molecule has 4 rings (SSSR count). The van der Waals surface area contributed by atoms with Gasteiger partial charge in [0, 0.05) is 29.9 Å². The van der Waals surface area contributed by atoms with Gasteiger partial charge in [-0.3, -0.25) is 9.78 Å². The summed E-state index contributed by atoms with van der Waals surface area (Å²) < 4.78 is 5.35. The quantitative estimate of drug-likeness (QED) is 0.873. The highest BCUT2D eigenvalue weighted by Crippen LogP contribution is 2.39. The van der Waals surface area contributed by atoms with Gasteiger partial charge in [-0.15, -0.1) is 0 Å². The second-order valence-corrected chi connectivity index (χ2v) is 6.37. The summed E-state index contributed by atoms with van der Waals surface area (Å²) in [5.74, 6) is 1.66. The van der Waals surface area contributed by atoms with Gasteiger partial charge in [0.25, 0.3) is 5.91 Å². The molecule has 1 aromatic carbocycles. The summed E-state index contributed by atoms with van der Waals surface area (Å²) in [6.07, 6.45) is 7.17. The minimum Gasteiger partial charge on any atom is -0.494 e. The van der Waals surface area contributed by atoms with Gasteiger partial charge >= 0.3 is 0 Å². The average molecular weight is 308 g/mol. The van der Waals surface area contributed by atoms with Crippen LogP contribution >= 0.6 is 0 Å². The number of nitrogens with zero attached hydrogens (tertiary/aromatic N) is 2. The van der Waals surface area contributed by atoms with Gasteiger partial charge in [0.15, 0.2) is 0 Å². The Morgan fingerprint density at radius 2 is 2.04 bits per heavy atom. The number of hydrogen-bond acceptors (Lipinski definition) is 3. The van der Waals surface area contributed by atoms with Gasteiger partial charge in [-0.2, -0.15) is 0 Å². The number of likely N-dealkylation sites (tertiary alicyclic amines) is 1. The standard InChI is InChI=1S/C19H20N2O2/c1-23-18-11-20-10-9-16(18)13-5-7-14(8-6-13)19(22)21-12-15-3-2-4-17(15)21/h5-11,15,17H,2-4,12H2,1H3/t15-,17-/m0/s1. The normalized spacial score (nSPS) is 22.4. The molecule has 1 aliphatic carbocycles. The molecule has 2 fully saturated rings. The SMILES string of the molecule is COc1cnccc1-c1ccc(C(=O)N2C[C@@H]3CCC[C@@H]32)cc1. The molecule has 118 valence electrons. The number of hydrogen-bond donors (Lipinski definition) is 0. The average Bonchev–Trinajstić information content (AvgIpc) is 2.95. The van der Waals surface area contributed by atoms with E-state index in [1.165, 1.54) is 19.3 Å². The fourth-order valence-corrected chi connectivity index (χ4v) is 3.86. The first-order chi connectivity index (χ1) is 11.3. The van der Waals surface area contributed by atoms with Crippen LogP contribution < -0.4 is 4.74 Å². The smallest absolute Gasteiger partial charge is 0.254 e. The molecule has 1 amide bonds. The number of carbonyl (C=O) groups is 1. The Bertz CT molecular complexity index is 726. The number of benzene rings is 1. The topological polar surface area (TPSA) is 42.4 Å². The van der Waals surface area contributed by atoms with Gasteiger partial charge in [-0.25, -0.2) is 0 Å². The summed E-state index contributed by atoms with van der Waals surface area (Å²) in [5.41, 5.74) is 2.79. The molecule has 0 radical (unpaired) electrons.